The van der Waals surface area contributed by atoms with Crippen LogP contribution in [0.5, 0.6) is 0 Å². The number of ether oxygens (including phenoxy) is 1. The number of carbonyl (C=O) groups excluding carboxylic acids is 5. The lowest BCUT2D eigenvalue weighted by Crippen LogP contribution is -2.39. The molecule has 18 nitrogen and oxygen atoms in total. The zero-order valence-electron chi connectivity index (χ0n) is 31.1. The minimum atomic E-state index is -0.651. The van der Waals surface area contributed by atoms with Gasteiger partial charge in [0, 0.05) is 64.6 Å². The maximum Gasteiger partial charge on any atom is 0.416 e. The number of aromatic nitrogens is 7. The first kappa shape index (κ1) is 37.2. The van der Waals surface area contributed by atoms with Crippen LogP contribution in [0.3, 0.4) is 0 Å². The maximum absolute atomic E-state index is 12.9. The first-order valence-corrected chi connectivity index (χ1v) is 18.6. The van der Waals surface area contributed by atoms with E-state index in [1.54, 1.807) is 67.0 Å². The minimum Gasteiger partial charge on any atom is -0.443 e. The first-order valence-electron chi connectivity index (χ1n) is 18.3. The average Bonchev–Trinajstić information content (AvgIpc) is 4.01. The Kier molecular flexibility index (Phi) is 9.64. The highest BCUT2D eigenvalue weighted by molar-refractivity contribution is 6.30. The molecule has 0 bridgehead atoms. The molecule has 4 aliphatic rings. The molecule has 0 aromatic carbocycles. The zero-order chi connectivity index (χ0) is 40.0. The van der Waals surface area contributed by atoms with Gasteiger partial charge in [-0.2, -0.15) is 19.2 Å². The highest BCUT2D eigenvalue weighted by Gasteiger charge is 2.38. The Balaban J connectivity index is 0.000000160. The second-order valence-electron chi connectivity index (χ2n) is 14.9. The third-order valence-electron chi connectivity index (χ3n) is 9.03. The van der Waals surface area contributed by atoms with E-state index in [2.05, 4.69) is 46.4 Å². The molecule has 5 amide bonds. The number of imide groups is 2. The summed E-state index contributed by atoms with van der Waals surface area (Å²) in [7, 11) is 0. The van der Waals surface area contributed by atoms with Crippen LogP contribution in [-0.4, -0.2) is 81.6 Å². The van der Waals surface area contributed by atoms with E-state index < -0.39 is 17.6 Å². The van der Waals surface area contributed by atoms with Gasteiger partial charge >= 0.3 is 6.09 Å². The molecule has 5 aromatic heterocycles. The molecule has 0 radical (unpaired) electrons. The maximum atomic E-state index is 12.9. The van der Waals surface area contributed by atoms with Crippen molar-refractivity contribution in [1.82, 2.24) is 44.8 Å². The van der Waals surface area contributed by atoms with E-state index in [0.717, 1.165) is 37.2 Å². The summed E-state index contributed by atoms with van der Waals surface area (Å²) < 4.78 is 8.78. The predicted molar refractivity (Wildman–Crippen MR) is 208 cm³/mol. The SMILES string of the molecule is CC(C)(C)OC(=O)N(c1cc(Cl)nc2c(/C=C3\CC(=O)NC3=O)cnn12)C1CC1.O=C1C/C(=C\c2cnn3c(NC4CC4)cc(Nc4ccncc4)nc23)C(=O)N1. The number of carbonyl (C=O) groups is 5. The van der Waals surface area contributed by atoms with Crippen LogP contribution in [0.1, 0.15) is 70.4 Å². The Hall–Kier alpha value is -6.69. The number of pyridine rings is 1. The molecule has 7 heterocycles. The summed E-state index contributed by atoms with van der Waals surface area (Å²) >= 11 is 6.24. The van der Waals surface area contributed by atoms with Crippen molar-refractivity contribution in [2.45, 2.75) is 77.0 Å². The Morgan fingerprint density at radius 2 is 1.47 bits per heavy atom. The average molecular weight is 793 g/mol. The molecular formula is C38H37ClN12O6. The molecule has 2 aliphatic carbocycles. The number of hydrogen-bond acceptors (Lipinski definition) is 13. The number of nitrogens with one attached hydrogen (secondary N) is 4. The molecule has 2 aliphatic heterocycles. The molecule has 4 fully saturated rings. The summed E-state index contributed by atoms with van der Waals surface area (Å²) in [4.78, 5) is 74.1. The van der Waals surface area contributed by atoms with Crippen molar-refractivity contribution in [1.29, 1.82) is 0 Å². The topological polar surface area (TPSA) is 219 Å². The largest absolute Gasteiger partial charge is 0.443 e. The molecular weight excluding hydrogens is 756 g/mol. The molecule has 0 spiro atoms. The molecule has 57 heavy (non-hydrogen) atoms. The molecule has 0 unspecified atom stereocenters. The second kappa shape index (κ2) is 14.8. The van der Waals surface area contributed by atoms with Crippen LogP contribution >= 0.6 is 11.6 Å². The van der Waals surface area contributed by atoms with Crippen LogP contribution in [-0.2, 0) is 23.9 Å². The van der Waals surface area contributed by atoms with Gasteiger partial charge in [-0.1, -0.05) is 11.6 Å². The van der Waals surface area contributed by atoms with Gasteiger partial charge < -0.3 is 15.4 Å². The van der Waals surface area contributed by atoms with Crippen molar-refractivity contribution in [3.8, 4) is 0 Å². The number of halogens is 1. The van der Waals surface area contributed by atoms with Crippen LogP contribution in [0, 0.1) is 0 Å². The summed E-state index contributed by atoms with van der Waals surface area (Å²) in [5.74, 6) is 0.450. The monoisotopic (exact) mass is 792 g/mol. The smallest absolute Gasteiger partial charge is 0.416 e. The fourth-order valence-electron chi connectivity index (χ4n) is 6.17. The molecule has 2 saturated carbocycles. The molecule has 0 atom stereocenters. The normalized spacial score (nSPS) is 18.2. The zero-order valence-corrected chi connectivity index (χ0v) is 31.8. The van der Waals surface area contributed by atoms with Crippen LogP contribution in [0.2, 0.25) is 5.15 Å². The Morgan fingerprint density at radius 1 is 0.877 bits per heavy atom. The molecule has 4 N–H and O–H groups in total. The van der Waals surface area contributed by atoms with Crippen LogP contribution < -0.4 is 26.2 Å². The highest BCUT2D eigenvalue weighted by atomic mass is 35.5. The van der Waals surface area contributed by atoms with E-state index in [-0.39, 0.29) is 41.8 Å². The number of nitrogens with zero attached hydrogens (tertiary/aromatic N) is 8. The lowest BCUT2D eigenvalue weighted by molar-refractivity contribution is -0.125. The Bertz CT molecular complexity index is 2530. The fourth-order valence-corrected chi connectivity index (χ4v) is 6.35. The van der Waals surface area contributed by atoms with E-state index in [1.807, 2.05) is 18.2 Å². The third-order valence-corrected chi connectivity index (χ3v) is 9.22. The number of fused-ring (bicyclic) bond motifs is 2. The van der Waals surface area contributed by atoms with Crippen molar-refractivity contribution in [2.75, 3.05) is 15.5 Å². The van der Waals surface area contributed by atoms with Crippen molar-refractivity contribution >= 4 is 87.9 Å². The van der Waals surface area contributed by atoms with Crippen molar-refractivity contribution in [2.24, 2.45) is 0 Å². The molecule has 2 saturated heterocycles. The van der Waals surface area contributed by atoms with Gasteiger partial charge in [-0.05, 0) is 70.7 Å². The number of rotatable bonds is 8. The van der Waals surface area contributed by atoms with Crippen molar-refractivity contribution in [3.63, 3.8) is 0 Å². The molecule has 9 rings (SSSR count). The lowest BCUT2D eigenvalue weighted by Gasteiger charge is -2.27. The van der Waals surface area contributed by atoms with Crippen LogP contribution in [0.25, 0.3) is 23.4 Å². The van der Waals surface area contributed by atoms with Gasteiger partial charge in [0.15, 0.2) is 11.3 Å². The van der Waals surface area contributed by atoms with E-state index in [4.69, 9.17) is 16.3 Å². The van der Waals surface area contributed by atoms with E-state index in [1.165, 1.54) is 10.7 Å². The van der Waals surface area contributed by atoms with Crippen molar-refractivity contribution in [3.05, 3.63) is 76.5 Å². The van der Waals surface area contributed by atoms with Crippen LogP contribution in [0.4, 0.5) is 27.9 Å². The predicted octanol–water partition coefficient (Wildman–Crippen LogP) is 4.59. The quantitative estimate of drug-likeness (QED) is 0.0961. The van der Waals surface area contributed by atoms with Gasteiger partial charge in [-0.3, -0.25) is 39.7 Å². The Labute approximate surface area is 329 Å². The summed E-state index contributed by atoms with van der Waals surface area (Å²) in [6, 6.07) is 7.61. The summed E-state index contributed by atoms with van der Waals surface area (Å²) in [5, 5.41) is 20.2. The molecule has 292 valence electrons. The van der Waals surface area contributed by atoms with Gasteiger partial charge in [0.2, 0.25) is 11.8 Å². The third kappa shape index (κ3) is 8.45. The number of anilines is 4. The fraction of sp³-hybridized carbons (Fsp3) is 0.316. The van der Waals surface area contributed by atoms with Gasteiger partial charge in [-0.15, -0.1) is 0 Å². The highest BCUT2D eigenvalue weighted by Crippen LogP contribution is 2.35. The van der Waals surface area contributed by atoms with Gasteiger partial charge in [-0.25, -0.2) is 14.8 Å². The van der Waals surface area contributed by atoms with Gasteiger partial charge in [0.25, 0.3) is 11.8 Å². The first-order chi connectivity index (χ1) is 27.3. The second-order valence-corrected chi connectivity index (χ2v) is 15.3. The standard InChI is InChI=1S/C19H20ClN5O4.C19H17N7O2/c1-19(2,3)29-18(28)24(12-4-5-12)15-8-13(20)22-16-11(9-21-25(15)16)6-10-7-14(26)23-17(10)27;27-17-8-11(19(28)25-17)7-12-10-21-26-16(23-13-1-2-13)9-15(24-18(12)26)22-14-3-5-20-6-4-14/h6,8-9,12H,4-5,7H2,1-3H3,(H,23,26,27);3-7,9-10,13,23H,1-2,8H2,(H,20,22,24)(H,25,27,28)/b10-6+;11-7+. The van der Waals surface area contributed by atoms with Crippen molar-refractivity contribution < 1.29 is 28.7 Å². The van der Waals surface area contributed by atoms with E-state index in [9.17, 15) is 24.0 Å². The van der Waals surface area contributed by atoms with Gasteiger partial charge in [0.1, 0.15) is 28.2 Å². The van der Waals surface area contributed by atoms with E-state index >= 15 is 0 Å². The molecule has 5 aromatic rings. The lowest BCUT2D eigenvalue weighted by atomic mass is 10.1. The molecule has 19 heteroatoms. The van der Waals surface area contributed by atoms with E-state index in [0.29, 0.717) is 51.2 Å². The number of amides is 5. The Morgan fingerprint density at radius 3 is 2.02 bits per heavy atom. The minimum absolute atomic E-state index is 0.00393. The summed E-state index contributed by atoms with van der Waals surface area (Å²) in [6.07, 6.45) is 13.3. The van der Waals surface area contributed by atoms with Crippen LogP contribution in [0.15, 0.2) is 60.2 Å². The number of hydrogen-bond donors (Lipinski definition) is 4. The summed E-state index contributed by atoms with van der Waals surface area (Å²) in [6.45, 7) is 5.41. The summed E-state index contributed by atoms with van der Waals surface area (Å²) in [5.41, 5.74) is 3.12. The van der Waals surface area contributed by atoms with Gasteiger partial charge in [0.05, 0.1) is 25.2 Å².